The zero-order valence-corrected chi connectivity index (χ0v) is 7.35. The minimum atomic E-state index is -0.748. The van der Waals surface area contributed by atoms with Crippen LogP contribution in [0.15, 0.2) is 0 Å². The Morgan fingerprint density at radius 3 is 2.82 bits per heavy atom. The summed E-state index contributed by atoms with van der Waals surface area (Å²) in [5.74, 6) is 0. The van der Waals surface area contributed by atoms with Gasteiger partial charge in [-0.05, 0) is 6.42 Å². The van der Waals surface area contributed by atoms with Crippen LogP contribution >= 0.6 is 9.47 Å². The lowest BCUT2D eigenvalue weighted by molar-refractivity contribution is -0.162. The molecule has 66 valence electrons. The van der Waals surface area contributed by atoms with Gasteiger partial charge in [0.1, 0.15) is 5.60 Å². The normalized spacial score (nSPS) is 37.9. The lowest BCUT2D eigenvalue weighted by atomic mass is 10.0. The molecular formula is C6H13O4P. The quantitative estimate of drug-likeness (QED) is 0.583. The molecule has 3 unspecified atom stereocenters. The maximum absolute atomic E-state index is 9.03. The monoisotopic (exact) mass is 180 g/mol. The summed E-state index contributed by atoms with van der Waals surface area (Å²) in [6, 6.07) is 0. The van der Waals surface area contributed by atoms with Gasteiger partial charge in [0.2, 0.25) is 0 Å². The lowest BCUT2D eigenvalue weighted by Gasteiger charge is -2.24. The molecule has 0 aromatic carbocycles. The third-order valence-corrected chi connectivity index (χ3v) is 2.03. The molecule has 0 spiro atoms. The van der Waals surface area contributed by atoms with Crippen molar-refractivity contribution in [1.82, 2.24) is 0 Å². The van der Waals surface area contributed by atoms with Crippen LogP contribution in [0.1, 0.15) is 12.8 Å². The number of ether oxygens (including phenoxy) is 1. The van der Waals surface area contributed by atoms with E-state index < -0.39 is 11.9 Å². The third kappa shape index (κ3) is 2.10. The van der Waals surface area contributed by atoms with Gasteiger partial charge in [-0.15, -0.1) is 0 Å². The average Bonchev–Trinajstić information content (AvgIpc) is 2.34. The Hall–Kier alpha value is 0.270. The summed E-state index contributed by atoms with van der Waals surface area (Å²) in [4.78, 5) is 0. The molecule has 4 nitrogen and oxygen atoms in total. The molecule has 11 heavy (non-hydrogen) atoms. The van der Waals surface area contributed by atoms with E-state index in [-0.39, 0.29) is 6.61 Å². The van der Waals surface area contributed by atoms with Crippen LogP contribution in [0.3, 0.4) is 0 Å². The largest absolute Gasteiger partial charge is 0.393 e. The average molecular weight is 180 g/mol. The minimum absolute atomic E-state index is 0.113. The Balaban J connectivity index is 2.48. The van der Waals surface area contributed by atoms with Crippen LogP contribution in [0.2, 0.25) is 0 Å². The van der Waals surface area contributed by atoms with E-state index in [1.54, 1.807) is 0 Å². The first kappa shape index (κ1) is 9.36. The van der Waals surface area contributed by atoms with Crippen molar-refractivity contribution in [2.75, 3.05) is 13.2 Å². The highest BCUT2D eigenvalue weighted by Gasteiger charge is 2.39. The Bertz CT molecular complexity index is 128. The highest BCUT2D eigenvalue weighted by atomic mass is 31.0. The predicted octanol–water partition coefficient (Wildman–Crippen LogP) is -0.347. The van der Waals surface area contributed by atoms with E-state index >= 15 is 0 Å². The number of rotatable bonds is 3. The van der Waals surface area contributed by atoms with Gasteiger partial charge in [0.25, 0.3) is 0 Å². The second kappa shape index (κ2) is 3.78. The molecule has 5 heteroatoms. The lowest BCUT2D eigenvalue weighted by Crippen LogP contribution is -2.37. The molecule has 2 N–H and O–H groups in total. The van der Waals surface area contributed by atoms with Crippen LogP contribution in [0.5, 0.6) is 0 Å². The molecule has 0 saturated carbocycles. The summed E-state index contributed by atoms with van der Waals surface area (Å²) in [6.07, 6.45) is 0.454. The number of hydrogen-bond donors (Lipinski definition) is 2. The van der Waals surface area contributed by atoms with Crippen LogP contribution in [0.4, 0.5) is 0 Å². The van der Waals surface area contributed by atoms with Crippen LogP contribution in [-0.2, 0) is 9.26 Å². The summed E-state index contributed by atoms with van der Waals surface area (Å²) in [5, 5.41) is 18.0. The molecule has 0 aliphatic carbocycles. The van der Waals surface area contributed by atoms with Gasteiger partial charge in [-0.3, -0.25) is 0 Å². The Kier molecular flexibility index (Phi) is 3.22. The Morgan fingerprint density at radius 2 is 2.45 bits per heavy atom. The van der Waals surface area contributed by atoms with Gasteiger partial charge in [0, 0.05) is 15.9 Å². The molecule has 1 rings (SSSR count). The van der Waals surface area contributed by atoms with Crippen LogP contribution < -0.4 is 0 Å². The maximum atomic E-state index is 9.03. The van der Waals surface area contributed by atoms with Crippen LogP contribution in [0, 0.1) is 0 Å². The molecular weight excluding hydrogens is 167 g/mol. The molecule has 1 fully saturated rings. The van der Waals surface area contributed by atoms with Crippen LogP contribution in [-0.4, -0.2) is 35.3 Å². The van der Waals surface area contributed by atoms with E-state index in [4.69, 9.17) is 19.5 Å². The first-order valence-electron chi connectivity index (χ1n) is 3.51. The van der Waals surface area contributed by atoms with Crippen molar-refractivity contribution in [3.8, 4) is 0 Å². The first-order valence-corrected chi connectivity index (χ1v) is 3.98. The van der Waals surface area contributed by atoms with Crippen molar-refractivity contribution in [2.45, 2.75) is 24.7 Å². The van der Waals surface area contributed by atoms with Gasteiger partial charge in [0.15, 0.2) is 6.29 Å². The zero-order chi connectivity index (χ0) is 8.32. The summed E-state index contributed by atoms with van der Waals surface area (Å²) < 4.78 is 9.89. The second-order valence-electron chi connectivity index (χ2n) is 2.76. The van der Waals surface area contributed by atoms with Gasteiger partial charge in [-0.25, -0.2) is 0 Å². The smallest absolute Gasteiger partial charge is 0.155 e. The molecule has 0 radical (unpaired) electrons. The molecule has 1 saturated heterocycles. The van der Waals surface area contributed by atoms with E-state index in [2.05, 4.69) is 9.47 Å². The zero-order valence-electron chi connectivity index (χ0n) is 6.19. The predicted molar refractivity (Wildman–Crippen MR) is 41.8 cm³/mol. The van der Waals surface area contributed by atoms with Crippen molar-refractivity contribution in [3.05, 3.63) is 0 Å². The van der Waals surface area contributed by atoms with Crippen molar-refractivity contribution < 1.29 is 19.5 Å². The van der Waals surface area contributed by atoms with E-state index in [0.717, 1.165) is 0 Å². The summed E-state index contributed by atoms with van der Waals surface area (Å²) in [7, 11) is 2.10. The van der Waals surface area contributed by atoms with Crippen LogP contribution in [0.25, 0.3) is 0 Å². The highest BCUT2D eigenvalue weighted by Crippen LogP contribution is 2.29. The van der Waals surface area contributed by atoms with E-state index in [9.17, 15) is 0 Å². The van der Waals surface area contributed by atoms with Gasteiger partial charge < -0.3 is 19.5 Å². The van der Waals surface area contributed by atoms with Gasteiger partial charge >= 0.3 is 0 Å². The maximum Gasteiger partial charge on any atom is 0.155 e. The van der Waals surface area contributed by atoms with Crippen molar-refractivity contribution >= 4 is 9.47 Å². The second-order valence-corrected chi connectivity index (χ2v) is 3.10. The van der Waals surface area contributed by atoms with Crippen molar-refractivity contribution in [1.29, 1.82) is 0 Å². The van der Waals surface area contributed by atoms with Gasteiger partial charge in [-0.1, -0.05) is 0 Å². The molecule has 1 heterocycles. The molecule has 0 bridgehead atoms. The number of hydrogen-bond acceptors (Lipinski definition) is 4. The third-order valence-electron chi connectivity index (χ3n) is 1.87. The first-order chi connectivity index (χ1) is 5.22. The van der Waals surface area contributed by atoms with E-state index in [0.29, 0.717) is 19.4 Å². The summed E-state index contributed by atoms with van der Waals surface area (Å²) in [6.45, 7) is 0.184. The van der Waals surface area contributed by atoms with Crippen molar-refractivity contribution in [2.24, 2.45) is 0 Å². The fraction of sp³-hybridized carbons (Fsp3) is 1.00. The molecule has 0 amide bonds. The van der Waals surface area contributed by atoms with Crippen molar-refractivity contribution in [3.63, 3.8) is 0 Å². The fourth-order valence-corrected chi connectivity index (χ4v) is 1.52. The molecule has 3 atom stereocenters. The molecule has 0 aromatic heterocycles. The highest BCUT2D eigenvalue weighted by molar-refractivity contribution is 7.09. The number of aliphatic hydroxyl groups excluding tert-OH is 2. The standard InChI is InChI=1S/C6H13O4P/c7-3-6(4-9-11)2-1-5(8)10-6/h5,7-8H,1-4,11H2. The summed E-state index contributed by atoms with van der Waals surface area (Å²) in [5.41, 5.74) is -0.679. The molecule has 1 aliphatic rings. The minimum Gasteiger partial charge on any atom is -0.393 e. The van der Waals surface area contributed by atoms with Gasteiger partial charge in [-0.2, -0.15) is 0 Å². The van der Waals surface area contributed by atoms with Gasteiger partial charge in [0.05, 0.1) is 13.2 Å². The molecule has 1 aliphatic heterocycles. The summed E-state index contributed by atoms with van der Waals surface area (Å²) >= 11 is 0. The SMILES string of the molecule is OCC1(COP)CCC(O)O1. The van der Waals surface area contributed by atoms with E-state index in [1.165, 1.54) is 0 Å². The number of aliphatic hydroxyl groups is 2. The molecule has 0 aromatic rings. The van der Waals surface area contributed by atoms with E-state index in [1.807, 2.05) is 0 Å². The fourth-order valence-electron chi connectivity index (χ4n) is 1.21. The Morgan fingerprint density at radius 1 is 1.73 bits per heavy atom. The Labute approximate surface area is 67.8 Å². The topological polar surface area (TPSA) is 58.9 Å².